The Morgan fingerprint density at radius 2 is 2.04 bits per heavy atom. The minimum Gasteiger partial charge on any atom is -0.478 e. The SMILES string of the molecule is O=C(O)c1ccc(C[C@H]2CCCN(C(=O)CCn3cccn3)C2)cc1. The second-order valence-electron chi connectivity index (χ2n) is 6.57. The number of aryl methyl sites for hydroxylation is 1. The van der Waals surface area contributed by atoms with Gasteiger partial charge in [0.05, 0.1) is 5.56 Å². The van der Waals surface area contributed by atoms with Crippen LogP contribution in [0.1, 0.15) is 35.2 Å². The molecule has 6 nitrogen and oxygen atoms in total. The molecule has 1 aromatic carbocycles. The molecule has 1 atom stereocenters. The second-order valence-corrected chi connectivity index (χ2v) is 6.57. The number of rotatable bonds is 6. The van der Waals surface area contributed by atoms with Crippen LogP contribution >= 0.6 is 0 Å². The van der Waals surface area contributed by atoms with Crippen LogP contribution in [0.2, 0.25) is 0 Å². The van der Waals surface area contributed by atoms with Gasteiger partial charge in [-0.25, -0.2) is 4.79 Å². The van der Waals surface area contributed by atoms with Crippen LogP contribution < -0.4 is 0 Å². The van der Waals surface area contributed by atoms with Gasteiger partial charge in [0.25, 0.3) is 0 Å². The number of carbonyl (C=O) groups is 2. The maximum atomic E-state index is 12.4. The standard InChI is InChI=1S/C19H23N3O3/c23-18(8-12-22-11-2-9-20-22)21-10-1-3-16(14-21)13-15-4-6-17(7-5-15)19(24)25/h2,4-7,9,11,16H,1,3,8,10,12-14H2,(H,24,25)/t16-/m1/s1. The van der Waals surface area contributed by atoms with Crippen LogP contribution in [0.15, 0.2) is 42.7 Å². The number of carboxylic acid groups (broad SMARTS) is 1. The number of likely N-dealkylation sites (tertiary alicyclic amines) is 1. The molecule has 1 aliphatic heterocycles. The molecular formula is C19H23N3O3. The van der Waals surface area contributed by atoms with E-state index in [1.165, 1.54) is 0 Å². The summed E-state index contributed by atoms with van der Waals surface area (Å²) in [5, 5.41) is 13.1. The highest BCUT2D eigenvalue weighted by Crippen LogP contribution is 2.22. The fourth-order valence-electron chi connectivity index (χ4n) is 3.38. The smallest absolute Gasteiger partial charge is 0.335 e. The first-order valence-electron chi connectivity index (χ1n) is 8.69. The molecular weight excluding hydrogens is 318 g/mol. The lowest BCUT2D eigenvalue weighted by Crippen LogP contribution is -2.40. The van der Waals surface area contributed by atoms with E-state index in [1.807, 2.05) is 29.3 Å². The second kappa shape index (κ2) is 7.96. The highest BCUT2D eigenvalue weighted by Gasteiger charge is 2.23. The molecule has 1 N–H and O–H groups in total. The predicted octanol–water partition coefficient (Wildman–Crippen LogP) is 2.45. The Balaban J connectivity index is 1.51. The summed E-state index contributed by atoms with van der Waals surface area (Å²) in [7, 11) is 0. The van der Waals surface area contributed by atoms with Crippen LogP contribution in [0.4, 0.5) is 0 Å². The van der Waals surface area contributed by atoms with Crippen LogP contribution in [0, 0.1) is 5.92 Å². The van der Waals surface area contributed by atoms with Crippen molar-refractivity contribution in [3.05, 3.63) is 53.9 Å². The van der Waals surface area contributed by atoms with E-state index in [2.05, 4.69) is 5.10 Å². The summed E-state index contributed by atoms with van der Waals surface area (Å²) in [6.45, 7) is 2.22. The van der Waals surface area contributed by atoms with Crippen molar-refractivity contribution in [1.29, 1.82) is 0 Å². The molecule has 0 spiro atoms. The summed E-state index contributed by atoms with van der Waals surface area (Å²) in [5.74, 6) is -0.294. The summed E-state index contributed by atoms with van der Waals surface area (Å²) in [4.78, 5) is 25.3. The lowest BCUT2D eigenvalue weighted by atomic mass is 9.91. The number of hydrogen-bond acceptors (Lipinski definition) is 3. The molecule has 6 heteroatoms. The Morgan fingerprint density at radius 1 is 1.24 bits per heavy atom. The number of nitrogens with zero attached hydrogens (tertiary/aromatic N) is 3. The summed E-state index contributed by atoms with van der Waals surface area (Å²) in [6, 6.07) is 8.90. The molecule has 25 heavy (non-hydrogen) atoms. The first-order chi connectivity index (χ1) is 12.1. The molecule has 0 aliphatic carbocycles. The number of benzene rings is 1. The van der Waals surface area contributed by atoms with Crippen molar-refractivity contribution in [3.63, 3.8) is 0 Å². The van der Waals surface area contributed by atoms with Gasteiger partial charge in [-0.15, -0.1) is 0 Å². The molecule has 1 fully saturated rings. The Kier molecular flexibility index (Phi) is 5.48. The first-order valence-corrected chi connectivity index (χ1v) is 8.69. The van der Waals surface area contributed by atoms with E-state index in [4.69, 9.17) is 5.11 Å². The summed E-state index contributed by atoms with van der Waals surface area (Å²) >= 11 is 0. The zero-order valence-corrected chi connectivity index (χ0v) is 14.2. The Hall–Kier alpha value is -2.63. The maximum absolute atomic E-state index is 12.4. The van der Waals surface area contributed by atoms with Gasteiger partial charge in [0, 0.05) is 38.4 Å². The van der Waals surface area contributed by atoms with Crippen molar-refractivity contribution in [1.82, 2.24) is 14.7 Å². The van der Waals surface area contributed by atoms with Crippen molar-refractivity contribution in [3.8, 4) is 0 Å². The quantitative estimate of drug-likeness (QED) is 0.876. The van der Waals surface area contributed by atoms with Gasteiger partial charge in [0.2, 0.25) is 5.91 Å². The summed E-state index contributed by atoms with van der Waals surface area (Å²) < 4.78 is 1.78. The molecule has 1 saturated heterocycles. The van der Waals surface area contributed by atoms with E-state index < -0.39 is 5.97 Å². The monoisotopic (exact) mass is 341 g/mol. The van der Waals surface area contributed by atoms with Gasteiger partial charge < -0.3 is 10.0 Å². The van der Waals surface area contributed by atoms with Crippen LogP contribution in [0.5, 0.6) is 0 Å². The van der Waals surface area contributed by atoms with Gasteiger partial charge in [0.15, 0.2) is 0 Å². The number of hydrogen-bond donors (Lipinski definition) is 1. The van der Waals surface area contributed by atoms with Gasteiger partial charge in [0.1, 0.15) is 0 Å². The average Bonchev–Trinajstić information content (AvgIpc) is 3.14. The van der Waals surface area contributed by atoms with E-state index in [0.717, 1.165) is 37.9 Å². The Morgan fingerprint density at radius 3 is 2.72 bits per heavy atom. The zero-order valence-electron chi connectivity index (χ0n) is 14.2. The third kappa shape index (κ3) is 4.68. The fourth-order valence-corrected chi connectivity index (χ4v) is 3.38. The molecule has 3 rings (SSSR count). The number of aromatic nitrogens is 2. The zero-order chi connectivity index (χ0) is 17.6. The van der Waals surface area contributed by atoms with E-state index in [1.54, 1.807) is 23.0 Å². The molecule has 0 bridgehead atoms. The molecule has 1 aliphatic rings. The topological polar surface area (TPSA) is 75.4 Å². The number of carboxylic acids is 1. The molecule has 0 saturated carbocycles. The minimum atomic E-state index is -0.904. The minimum absolute atomic E-state index is 0.182. The van der Waals surface area contributed by atoms with Gasteiger partial charge in [-0.1, -0.05) is 12.1 Å². The Bertz CT molecular complexity index is 710. The first kappa shape index (κ1) is 17.2. The van der Waals surface area contributed by atoms with E-state index in [9.17, 15) is 9.59 Å². The van der Waals surface area contributed by atoms with Crippen LogP contribution in [0.25, 0.3) is 0 Å². The number of amides is 1. The molecule has 2 heterocycles. The predicted molar refractivity (Wildman–Crippen MR) is 93.3 cm³/mol. The highest BCUT2D eigenvalue weighted by atomic mass is 16.4. The van der Waals surface area contributed by atoms with E-state index in [-0.39, 0.29) is 5.91 Å². The van der Waals surface area contributed by atoms with Crippen LogP contribution in [0.3, 0.4) is 0 Å². The van der Waals surface area contributed by atoms with Gasteiger partial charge in [-0.05, 0) is 48.9 Å². The van der Waals surface area contributed by atoms with Crippen molar-refractivity contribution in [2.75, 3.05) is 13.1 Å². The average molecular weight is 341 g/mol. The number of piperidine rings is 1. The van der Waals surface area contributed by atoms with Gasteiger partial charge in [-0.2, -0.15) is 5.10 Å². The summed E-state index contributed by atoms with van der Waals surface area (Å²) in [5.41, 5.74) is 1.43. The maximum Gasteiger partial charge on any atom is 0.335 e. The van der Waals surface area contributed by atoms with Crippen molar-refractivity contribution < 1.29 is 14.7 Å². The molecule has 0 unspecified atom stereocenters. The van der Waals surface area contributed by atoms with E-state index >= 15 is 0 Å². The summed E-state index contributed by atoms with van der Waals surface area (Å²) in [6.07, 6.45) is 7.06. The van der Waals surface area contributed by atoms with Crippen LogP contribution in [-0.2, 0) is 17.8 Å². The number of aromatic carboxylic acids is 1. The molecule has 1 amide bonds. The fraction of sp³-hybridized carbons (Fsp3) is 0.421. The van der Waals surface area contributed by atoms with Gasteiger partial charge in [-0.3, -0.25) is 9.48 Å². The largest absolute Gasteiger partial charge is 0.478 e. The lowest BCUT2D eigenvalue weighted by molar-refractivity contribution is -0.133. The van der Waals surface area contributed by atoms with Crippen LogP contribution in [-0.4, -0.2) is 44.8 Å². The molecule has 1 aromatic heterocycles. The van der Waals surface area contributed by atoms with Crippen molar-refractivity contribution in [2.24, 2.45) is 5.92 Å². The lowest BCUT2D eigenvalue weighted by Gasteiger charge is -2.33. The number of carbonyl (C=O) groups excluding carboxylic acids is 1. The van der Waals surface area contributed by atoms with E-state index in [0.29, 0.717) is 24.4 Å². The Labute approximate surface area is 147 Å². The van der Waals surface area contributed by atoms with Gasteiger partial charge >= 0.3 is 5.97 Å². The molecule has 2 aromatic rings. The third-order valence-electron chi connectivity index (χ3n) is 4.71. The highest BCUT2D eigenvalue weighted by molar-refractivity contribution is 5.87. The molecule has 132 valence electrons. The van der Waals surface area contributed by atoms with Crippen molar-refractivity contribution in [2.45, 2.75) is 32.2 Å². The third-order valence-corrected chi connectivity index (χ3v) is 4.71. The molecule has 0 radical (unpaired) electrons. The normalized spacial score (nSPS) is 17.4. The van der Waals surface area contributed by atoms with Crippen molar-refractivity contribution >= 4 is 11.9 Å².